The molecule has 2 aromatic rings. The molecule has 0 bridgehead atoms. The fourth-order valence-electron chi connectivity index (χ4n) is 2.55. The molecule has 0 spiro atoms. The van der Waals surface area contributed by atoms with Crippen LogP contribution in [0.1, 0.15) is 23.9 Å². The molecule has 1 aliphatic rings. The van der Waals surface area contributed by atoms with Crippen LogP contribution in [-0.4, -0.2) is 52.2 Å². The van der Waals surface area contributed by atoms with E-state index < -0.39 is 10.0 Å². The first-order chi connectivity index (χ1) is 9.93. The van der Waals surface area contributed by atoms with E-state index in [-0.39, 0.29) is 5.92 Å². The molecule has 112 valence electrons. The van der Waals surface area contributed by atoms with Crippen LogP contribution in [0.5, 0.6) is 0 Å². The Hall–Kier alpha value is -1.80. The predicted octanol–water partition coefficient (Wildman–Crippen LogP) is 0.924. The second-order valence-corrected chi connectivity index (χ2v) is 7.31. The van der Waals surface area contributed by atoms with Gasteiger partial charge in [-0.25, -0.2) is 22.7 Å². The third kappa shape index (κ3) is 2.96. The molecular weight excluding hydrogens is 290 g/mol. The van der Waals surface area contributed by atoms with Crippen molar-refractivity contribution in [2.24, 2.45) is 0 Å². The lowest BCUT2D eigenvalue weighted by molar-refractivity contribution is 0.476. The number of hydrogen-bond acceptors (Lipinski definition) is 5. The molecule has 7 nitrogen and oxygen atoms in total. The zero-order valence-corrected chi connectivity index (χ0v) is 12.8. The van der Waals surface area contributed by atoms with Crippen LogP contribution >= 0.6 is 0 Å². The molecule has 3 heterocycles. The van der Waals surface area contributed by atoms with E-state index in [4.69, 9.17) is 0 Å². The minimum Gasteiger partial charge on any atom is -0.276 e. The van der Waals surface area contributed by atoms with Crippen molar-refractivity contribution >= 4 is 10.0 Å². The summed E-state index contributed by atoms with van der Waals surface area (Å²) in [5.41, 5.74) is 2.48. The van der Waals surface area contributed by atoms with Gasteiger partial charge in [0.05, 0.1) is 17.6 Å². The Morgan fingerprint density at radius 2 is 2.19 bits per heavy atom. The molecule has 1 N–H and O–H groups in total. The summed E-state index contributed by atoms with van der Waals surface area (Å²) in [6.45, 7) is 2.89. The Morgan fingerprint density at radius 3 is 2.81 bits per heavy atom. The summed E-state index contributed by atoms with van der Waals surface area (Å²) in [5.74, 6) is 0.743. The van der Waals surface area contributed by atoms with Crippen LogP contribution in [0.3, 0.4) is 0 Å². The molecule has 0 radical (unpaired) electrons. The lowest BCUT2D eigenvalue weighted by Gasteiger charge is -2.13. The van der Waals surface area contributed by atoms with E-state index in [0.29, 0.717) is 18.9 Å². The third-order valence-corrected chi connectivity index (χ3v) is 4.90. The number of nitrogens with zero attached hydrogens (tertiary/aromatic N) is 4. The fourth-order valence-corrected chi connectivity index (χ4v) is 3.44. The molecule has 1 fully saturated rings. The molecule has 1 saturated heterocycles. The molecule has 1 aliphatic heterocycles. The summed E-state index contributed by atoms with van der Waals surface area (Å²) >= 11 is 0. The van der Waals surface area contributed by atoms with Crippen molar-refractivity contribution in [3.05, 3.63) is 29.8 Å². The first-order valence-electron chi connectivity index (χ1n) is 6.74. The van der Waals surface area contributed by atoms with Gasteiger partial charge in [-0.3, -0.25) is 5.10 Å². The summed E-state index contributed by atoms with van der Waals surface area (Å²) < 4.78 is 24.7. The Balaban J connectivity index is 1.90. The highest BCUT2D eigenvalue weighted by Crippen LogP contribution is 2.27. The number of rotatable bonds is 3. The van der Waals surface area contributed by atoms with Crippen LogP contribution in [0.4, 0.5) is 0 Å². The Labute approximate surface area is 123 Å². The van der Waals surface area contributed by atoms with Crippen molar-refractivity contribution in [2.75, 3.05) is 19.3 Å². The van der Waals surface area contributed by atoms with Crippen LogP contribution in [0.2, 0.25) is 0 Å². The van der Waals surface area contributed by atoms with Gasteiger partial charge in [-0.15, -0.1) is 0 Å². The van der Waals surface area contributed by atoms with Gasteiger partial charge in [-0.1, -0.05) is 0 Å². The van der Waals surface area contributed by atoms with Crippen LogP contribution < -0.4 is 0 Å². The molecule has 3 rings (SSSR count). The van der Waals surface area contributed by atoms with Gasteiger partial charge < -0.3 is 0 Å². The van der Waals surface area contributed by atoms with E-state index in [1.807, 2.05) is 19.1 Å². The predicted molar refractivity (Wildman–Crippen MR) is 78.1 cm³/mol. The maximum Gasteiger partial charge on any atom is 0.211 e. The third-order valence-electron chi connectivity index (χ3n) is 3.63. The minimum absolute atomic E-state index is 0.0429. The molecule has 0 aliphatic carbocycles. The fraction of sp³-hybridized carbons (Fsp3) is 0.462. The van der Waals surface area contributed by atoms with Crippen LogP contribution in [0.15, 0.2) is 18.3 Å². The van der Waals surface area contributed by atoms with Crippen molar-refractivity contribution in [1.82, 2.24) is 24.5 Å². The van der Waals surface area contributed by atoms with E-state index in [1.165, 1.54) is 10.6 Å². The second-order valence-electron chi connectivity index (χ2n) is 5.33. The zero-order chi connectivity index (χ0) is 15.0. The quantitative estimate of drug-likeness (QED) is 0.910. The number of sulfonamides is 1. The number of aromatic amines is 1. The summed E-state index contributed by atoms with van der Waals surface area (Å²) in [7, 11) is -3.15. The maximum atomic E-state index is 11.6. The number of aromatic nitrogens is 4. The Bertz CT molecular complexity index is 742. The first-order valence-corrected chi connectivity index (χ1v) is 8.59. The van der Waals surface area contributed by atoms with Gasteiger partial charge in [0.2, 0.25) is 10.0 Å². The Kier molecular flexibility index (Phi) is 3.50. The highest BCUT2D eigenvalue weighted by molar-refractivity contribution is 7.88. The zero-order valence-electron chi connectivity index (χ0n) is 11.9. The van der Waals surface area contributed by atoms with E-state index in [9.17, 15) is 8.42 Å². The highest BCUT2D eigenvalue weighted by atomic mass is 32.2. The number of H-pyrrole nitrogens is 1. The SMILES string of the molecule is Cc1cc(-c2ccn[nH]2)nc(C2CCN(S(C)(=O)=O)C2)n1. The first kappa shape index (κ1) is 14.2. The van der Waals surface area contributed by atoms with Gasteiger partial charge in [-0.2, -0.15) is 5.10 Å². The van der Waals surface area contributed by atoms with E-state index in [2.05, 4.69) is 20.2 Å². The van der Waals surface area contributed by atoms with E-state index in [1.54, 1.807) is 6.20 Å². The van der Waals surface area contributed by atoms with Crippen molar-refractivity contribution < 1.29 is 8.42 Å². The standard InChI is InChI=1S/C13H17N5O2S/c1-9-7-12(11-3-5-14-17-11)16-13(15-9)10-4-6-18(8-10)21(2,19)20/h3,5,7,10H,4,6,8H2,1-2H3,(H,14,17). The van der Waals surface area contributed by atoms with Crippen LogP contribution in [-0.2, 0) is 10.0 Å². The van der Waals surface area contributed by atoms with Gasteiger partial charge in [0, 0.05) is 30.9 Å². The van der Waals surface area contributed by atoms with Crippen molar-refractivity contribution in [2.45, 2.75) is 19.3 Å². The molecule has 1 unspecified atom stereocenters. The lowest BCUT2D eigenvalue weighted by atomic mass is 10.1. The number of hydrogen-bond donors (Lipinski definition) is 1. The van der Waals surface area contributed by atoms with Gasteiger partial charge in [0.1, 0.15) is 5.82 Å². The summed E-state index contributed by atoms with van der Waals surface area (Å²) in [6, 6.07) is 3.74. The van der Waals surface area contributed by atoms with Crippen molar-refractivity contribution in [3.63, 3.8) is 0 Å². The number of nitrogens with one attached hydrogen (secondary N) is 1. The lowest BCUT2D eigenvalue weighted by Crippen LogP contribution is -2.27. The van der Waals surface area contributed by atoms with Crippen LogP contribution in [0.25, 0.3) is 11.4 Å². The van der Waals surface area contributed by atoms with Gasteiger partial charge >= 0.3 is 0 Å². The molecule has 0 amide bonds. The van der Waals surface area contributed by atoms with E-state index >= 15 is 0 Å². The average Bonchev–Trinajstić information content (AvgIpc) is 3.09. The van der Waals surface area contributed by atoms with Crippen molar-refractivity contribution in [3.8, 4) is 11.4 Å². The summed E-state index contributed by atoms with van der Waals surface area (Å²) in [5, 5.41) is 6.81. The van der Waals surface area contributed by atoms with Crippen molar-refractivity contribution in [1.29, 1.82) is 0 Å². The molecule has 8 heteroatoms. The topological polar surface area (TPSA) is 91.8 Å². The Morgan fingerprint density at radius 1 is 1.38 bits per heavy atom. The highest BCUT2D eigenvalue weighted by Gasteiger charge is 2.31. The minimum atomic E-state index is -3.15. The smallest absolute Gasteiger partial charge is 0.211 e. The molecule has 2 aromatic heterocycles. The van der Waals surface area contributed by atoms with Gasteiger partial charge in [0.15, 0.2) is 0 Å². The van der Waals surface area contributed by atoms with Crippen LogP contribution in [0, 0.1) is 6.92 Å². The number of aryl methyl sites for hydroxylation is 1. The maximum absolute atomic E-state index is 11.6. The largest absolute Gasteiger partial charge is 0.276 e. The van der Waals surface area contributed by atoms with Gasteiger partial charge in [0.25, 0.3) is 0 Å². The molecule has 0 aromatic carbocycles. The molecule has 21 heavy (non-hydrogen) atoms. The second kappa shape index (κ2) is 5.19. The van der Waals surface area contributed by atoms with Gasteiger partial charge in [-0.05, 0) is 25.5 Å². The van der Waals surface area contributed by atoms with E-state index in [0.717, 1.165) is 23.5 Å². The summed E-state index contributed by atoms with van der Waals surface area (Å²) in [6.07, 6.45) is 3.66. The summed E-state index contributed by atoms with van der Waals surface area (Å²) in [4.78, 5) is 9.05. The molecular formula is C13H17N5O2S. The average molecular weight is 307 g/mol. The molecule has 1 atom stereocenters. The monoisotopic (exact) mass is 307 g/mol. The normalized spacial score (nSPS) is 20.0. The molecule has 0 saturated carbocycles.